The van der Waals surface area contributed by atoms with Gasteiger partial charge in [-0.3, -0.25) is 9.59 Å². The largest absolute Gasteiger partial charge is 0.493 e. The van der Waals surface area contributed by atoms with E-state index in [0.717, 1.165) is 16.3 Å². The van der Waals surface area contributed by atoms with E-state index in [1.54, 1.807) is 12.1 Å². The van der Waals surface area contributed by atoms with Crippen molar-refractivity contribution in [1.29, 1.82) is 0 Å². The number of nitrogens with two attached hydrogens (primary N) is 1. The summed E-state index contributed by atoms with van der Waals surface area (Å²) in [6, 6.07) is 18.7. The van der Waals surface area contributed by atoms with Gasteiger partial charge in [0.15, 0.2) is 18.1 Å². The van der Waals surface area contributed by atoms with Gasteiger partial charge in [-0.2, -0.15) is 0 Å². The summed E-state index contributed by atoms with van der Waals surface area (Å²) in [5.41, 5.74) is 6.52. The lowest BCUT2D eigenvalue weighted by atomic mass is 10.0. The number of hydrogen-bond acceptors (Lipinski definition) is 4. The quantitative estimate of drug-likeness (QED) is 0.660. The van der Waals surface area contributed by atoms with Crippen LogP contribution in [0.15, 0.2) is 60.7 Å². The number of nitrogens with one attached hydrogen (secondary N) is 1. The molecule has 0 radical (unpaired) electrons. The van der Waals surface area contributed by atoms with Crippen LogP contribution in [-0.4, -0.2) is 25.5 Å². The van der Waals surface area contributed by atoms with Gasteiger partial charge >= 0.3 is 0 Å². The Kier molecular flexibility index (Phi) is 5.79. The molecule has 0 aromatic heterocycles. The van der Waals surface area contributed by atoms with E-state index in [2.05, 4.69) is 5.32 Å². The van der Waals surface area contributed by atoms with Crippen LogP contribution >= 0.6 is 0 Å². The van der Waals surface area contributed by atoms with Crippen molar-refractivity contribution in [3.05, 3.63) is 71.8 Å². The Hall–Kier alpha value is -3.54. The lowest BCUT2D eigenvalue weighted by Gasteiger charge is -2.17. The number of methoxy groups -OCH3 is 1. The van der Waals surface area contributed by atoms with E-state index in [-0.39, 0.29) is 29.9 Å². The van der Waals surface area contributed by atoms with Gasteiger partial charge in [-0.25, -0.2) is 0 Å². The number of carbonyl (C=O) groups is 2. The minimum atomic E-state index is -0.654. The topological polar surface area (TPSA) is 90.7 Å². The number of carbonyl (C=O) groups excluding carboxylic acids is 2. The van der Waals surface area contributed by atoms with Crippen molar-refractivity contribution in [3.8, 4) is 11.5 Å². The first kappa shape index (κ1) is 19.2. The number of fused-ring (bicyclic) bond motifs is 1. The normalized spacial score (nSPS) is 11.6. The Bertz CT molecular complexity index is 1020. The second-order valence-electron chi connectivity index (χ2n) is 6.39. The lowest BCUT2D eigenvalue weighted by Crippen LogP contribution is -2.31. The highest BCUT2D eigenvalue weighted by atomic mass is 16.5. The highest BCUT2D eigenvalue weighted by Gasteiger charge is 2.17. The van der Waals surface area contributed by atoms with Crippen molar-refractivity contribution in [1.82, 2.24) is 5.32 Å². The van der Waals surface area contributed by atoms with Crippen LogP contribution in [0.1, 0.15) is 28.9 Å². The zero-order chi connectivity index (χ0) is 20.1. The van der Waals surface area contributed by atoms with Gasteiger partial charge in [-0.1, -0.05) is 42.5 Å². The van der Waals surface area contributed by atoms with E-state index in [9.17, 15) is 9.59 Å². The van der Waals surface area contributed by atoms with Crippen LogP contribution in [0.25, 0.3) is 10.8 Å². The number of amides is 2. The smallest absolute Gasteiger partial charge is 0.258 e. The lowest BCUT2D eigenvalue weighted by molar-refractivity contribution is -0.123. The highest BCUT2D eigenvalue weighted by Crippen LogP contribution is 2.30. The first-order chi connectivity index (χ1) is 13.5. The van der Waals surface area contributed by atoms with Crippen LogP contribution in [0.4, 0.5) is 0 Å². The molecular weight excluding hydrogens is 356 g/mol. The van der Waals surface area contributed by atoms with Gasteiger partial charge in [0.1, 0.15) is 0 Å². The molecule has 3 aromatic rings. The van der Waals surface area contributed by atoms with Crippen molar-refractivity contribution in [2.24, 2.45) is 5.73 Å². The summed E-state index contributed by atoms with van der Waals surface area (Å²) in [7, 11) is 1.45. The highest BCUT2D eigenvalue weighted by molar-refractivity contribution is 5.96. The minimum Gasteiger partial charge on any atom is -0.493 e. The molecule has 0 aliphatic heterocycles. The number of benzene rings is 3. The van der Waals surface area contributed by atoms with Crippen LogP contribution in [0.2, 0.25) is 0 Å². The van der Waals surface area contributed by atoms with E-state index in [4.69, 9.17) is 15.2 Å². The van der Waals surface area contributed by atoms with Crippen LogP contribution in [-0.2, 0) is 4.79 Å². The Morgan fingerprint density at radius 3 is 2.50 bits per heavy atom. The van der Waals surface area contributed by atoms with E-state index < -0.39 is 5.91 Å². The van der Waals surface area contributed by atoms with Gasteiger partial charge in [0.2, 0.25) is 0 Å². The van der Waals surface area contributed by atoms with Gasteiger partial charge in [-0.05, 0) is 41.5 Å². The van der Waals surface area contributed by atoms with Crippen molar-refractivity contribution in [2.45, 2.75) is 13.0 Å². The Morgan fingerprint density at radius 2 is 1.79 bits per heavy atom. The standard InChI is InChI=1S/C22H22N2O4/c1-14(16-11-10-15-6-3-4-7-17(15)12-16)24-20(25)13-28-21-18(22(23)26)8-5-9-19(21)27-2/h3-12,14H,13H2,1-2H3,(H2,23,26)(H,24,25). The molecule has 3 aromatic carbocycles. The maximum Gasteiger partial charge on any atom is 0.258 e. The predicted molar refractivity (Wildman–Crippen MR) is 108 cm³/mol. The molecule has 0 heterocycles. The fraction of sp³-hybridized carbons (Fsp3) is 0.182. The summed E-state index contributed by atoms with van der Waals surface area (Å²) in [4.78, 5) is 23.9. The first-order valence-electron chi connectivity index (χ1n) is 8.87. The van der Waals surface area contributed by atoms with Crippen molar-refractivity contribution >= 4 is 22.6 Å². The summed E-state index contributed by atoms with van der Waals surface area (Å²) >= 11 is 0. The Balaban J connectivity index is 1.68. The number of primary amides is 1. The number of hydrogen-bond donors (Lipinski definition) is 2. The first-order valence-corrected chi connectivity index (χ1v) is 8.87. The van der Waals surface area contributed by atoms with Gasteiger partial charge in [0.05, 0.1) is 18.7 Å². The molecule has 0 bridgehead atoms. The Morgan fingerprint density at radius 1 is 1.04 bits per heavy atom. The summed E-state index contributed by atoms with van der Waals surface area (Å²) < 4.78 is 10.7. The molecule has 28 heavy (non-hydrogen) atoms. The second-order valence-corrected chi connectivity index (χ2v) is 6.39. The van der Waals surface area contributed by atoms with Crippen LogP contribution in [0.5, 0.6) is 11.5 Å². The zero-order valence-electron chi connectivity index (χ0n) is 15.8. The van der Waals surface area contributed by atoms with E-state index in [1.807, 2.05) is 49.4 Å². The third-order valence-electron chi connectivity index (χ3n) is 4.46. The summed E-state index contributed by atoms with van der Waals surface area (Å²) in [5.74, 6) is -0.474. The maximum absolute atomic E-state index is 12.4. The molecule has 0 saturated carbocycles. The fourth-order valence-electron chi connectivity index (χ4n) is 3.00. The molecular formula is C22H22N2O4. The zero-order valence-corrected chi connectivity index (χ0v) is 15.8. The van der Waals surface area contributed by atoms with Crippen molar-refractivity contribution < 1.29 is 19.1 Å². The summed E-state index contributed by atoms with van der Waals surface area (Å²) in [6.45, 7) is 1.64. The average Bonchev–Trinajstić information content (AvgIpc) is 2.71. The SMILES string of the molecule is COc1cccc(C(N)=O)c1OCC(=O)NC(C)c1ccc2ccccc2c1. The number of para-hydroxylation sites is 1. The molecule has 0 aliphatic rings. The molecule has 2 amide bonds. The van der Waals surface area contributed by atoms with E-state index in [0.29, 0.717) is 5.75 Å². The van der Waals surface area contributed by atoms with Crippen molar-refractivity contribution in [2.75, 3.05) is 13.7 Å². The molecule has 0 aliphatic carbocycles. The minimum absolute atomic E-state index is 0.158. The maximum atomic E-state index is 12.4. The molecule has 3 rings (SSSR count). The fourth-order valence-corrected chi connectivity index (χ4v) is 3.00. The van der Waals surface area contributed by atoms with Gasteiger partial charge < -0.3 is 20.5 Å². The van der Waals surface area contributed by atoms with Gasteiger partial charge in [0.25, 0.3) is 11.8 Å². The van der Waals surface area contributed by atoms with E-state index in [1.165, 1.54) is 13.2 Å². The Labute approximate surface area is 163 Å². The van der Waals surface area contributed by atoms with Gasteiger partial charge in [0, 0.05) is 0 Å². The monoisotopic (exact) mass is 378 g/mol. The molecule has 3 N–H and O–H groups in total. The second kappa shape index (κ2) is 8.43. The number of rotatable bonds is 7. The van der Waals surface area contributed by atoms with Crippen LogP contribution in [0, 0.1) is 0 Å². The van der Waals surface area contributed by atoms with E-state index >= 15 is 0 Å². The summed E-state index contributed by atoms with van der Waals surface area (Å²) in [6.07, 6.45) is 0. The molecule has 0 saturated heterocycles. The number of ether oxygens (including phenoxy) is 2. The molecule has 6 nitrogen and oxygen atoms in total. The third-order valence-corrected chi connectivity index (χ3v) is 4.46. The average molecular weight is 378 g/mol. The predicted octanol–water partition coefficient (Wildman–Crippen LogP) is 3.20. The molecule has 1 unspecified atom stereocenters. The van der Waals surface area contributed by atoms with Gasteiger partial charge in [-0.15, -0.1) is 0 Å². The van der Waals surface area contributed by atoms with Crippen molar-refractivity contribution in [3.63, 3.8) is 0 Å². The molecule has 144 valence electrons. The molecule has 0 fully saturated rings. The van der Waals surface area contributed by atoms with Crippen LogP contribution < -0.4 is 20.5 Å². The molecule has 0 spiro atoms. The molecule has 1 atom stereocenters. The summed E-state index contributed by atoms with van der Waals surface area (Å²) in [5, 5.41) is 5.15. The third kappa shape index (κ3) is 4.23. The van der Waals surface area contributed by atoms with Crippen LogP contribution in [0.3, 0.4) is 0 Å². The molecule has 6 heteroatoms.